The first-order valence-corrected chi connectivity index (χ1v) is 7.82. The number of aromatic hydroxyl groups is 1. The van der Waals surface area contributed by atoms with Crippen LogP contribution in [-0.4, -0.2) is 15.6 Å². The zero-order valence-corrected chi connectivity index (χ0v) is 13.4. The molecule has 6 nitrogen and oxygen atoms in total. The third-order valence-electron chi connectivity index (χ3n) is 4.37. The lowest BCUT2D eigenvalue weighted by Crippen LogP contribution is -2.28. The summed E-state index contributed by atoms with van der Waals surface area (Å²) in [6.45, 7) is 1.95. The minimum Gasteiger partial charge on any atom is -0.507 e. The summed E-state index contributed by atoms with van der Waals surface area (Å²) in [5.74, 6) is -0.0732. The number of hydrogen-bond donors (Lipinski definition) is 1. The van der Waals surface area contributed by atoms with Gasteiger partial charge in [0.1, 0.15) is 17.1 Å². The summed E-state index contributed by atoms with van der Waals surface area (Å²) in [4.78, 5) is 25.1. The summed E-state index contributed by atoms with van der Waals surface area (Å²) in [6, 6.07) is 11.9. The summed E-state index contributed by atoms with van der Waals surface area (Å²) in [5, 5.41) is 10.4. The van der Waals surface area contributed by atoms with Gasteiger partial charge in [0.05, 0.1) is 18.4 Å². The number of ether oxygens (including phenoxy) is 1. The van der Waals surface area contributed by atoms with Gasteiger partial charge in [-0.3, -0.25) is 4.79 Å². The number of hydrogen-bond acceptors (Lipinski definition) is 5. The molecule has 0 saturated heterocycles. The fourth-order valence-corrected chi connectivity index (χ4v) is 3.13. The van der Waals surface area contributed by atoms with E-state index in [9.17, 15) is 14.7 Å². The number of benzene rings is 1. The molecule has 3 aromatic rings. The molecule has 0 radical (unpaired) electrons. The number of furan rings is 1. The van der Waals surface area contributed by atoms with Gasteiger partial charge < -0.3 is 18.8 Å². The third kappa shape index (κ3) is 2.42. The molecule has 0 saturated carbocycles. The Bertz CT molecular complexity index is 1020. The van der Waals surface area contributed by atoms with Gasteiger partial charge in [0, 0.05) is 11.3 Å². The molecule has 0 fully saturated rings. The summed E-state index contributed by atoms with van der Waals surface area (Å²) in [5.41, 5.74) is 1.21. The van der Waals surface area contributed by atoms with Crippen LogP contribution in [0, 0.1) is 6.92 Å². The van der Waals surface area contributed by atoms with Crippen LogP contribution in [0.1, 0.15) is 39.0 Å². The molecule has 1 aliphatic heterocycles. The van der Waals surface area contributed by atoms with Gasteiger partial charge >= 0.3 is 5.97 Å². The van der Waals surface area contributed by atoms with Crippen molar-refractivity contribution in [3.8, 4) is 5.75 Å². The summed E-state index contributed by atoms with van der Waals surface area (Å²) >= 11 is 0. The number of nitrogens with zero attached hydrogens (tertiary/aromatic N) is 1. The molecular formula is C19H15NO5. The van der Waals surface area contributed by atoms with E-state index < -0.39 is 17.6 Å². The fraction of sp³-hybridized carbons (Fsp3) is 0.158. The molecule has 0 aliphatic carbocycles. The molecule has 0 amide bonds. The fourth-order valence-electron chi connectivity index (χ4n) is 3.13. The predicted octanol–water partition coefficient (Wildman–Crippen LogP) is 2.76. The van der Waals surface area contributed by atoms with E-state index in [1.165, 1.54) is 16.9 Å². The first-order chi connectivity index (χ1) is 12.1. The van der Waals surface area contributed by atoms with Crippen LogP contribution in [0.15, 0.2) is 57.9 Å². The molecule has 1 N–H and O–H groups in total. The molecule has 1 atom stereocenters. The number of rotatable bonds is 3. The molecule has 3 heterocycles. The minimum absolute atomic E-state index is 0.0513. The van der Waals surface area contributed by atoms with Crippen molar-refractivity contribution in [2.75, 3.05) is 0 Å². The normalized spacial score (nSPS) is 15.9. The van der Waals surface area contributed by atoms with E-state index in [1.807, 2.05) is 0 Å². The van der Waals surface area contributed by atoms with Gasteiger partial charge in [0.15, 0.2) is 6.10 Å². The molecule has 0 spiro atoms. The smallest absolute Gasteiger partial charge is 0.339 e. The number of fused-ring (bicyclic) bond motifs is 1. The maximum atomic E-state index is 13.0. The highest BCUT2D eigenvalue weighted by Crippen LogP contribution is 2.37. The highest BCUT2D eigenvalue weighted by atomic mass is 16.5. The second-order valence-electron chi connectivity index (χ2n) is 5.93. The Labute approximate surface area is 142 Å². The van der Waals surface area contributed by atoms with Gasteiger partial charge in [-0.05, 0) is 31.2 Å². The highest BCUT2D eigenvalue weighted by molar-refractivity contribution is 5.94. The number of aromatic nitrogens is 1. The molecule has 6 heteroatoms. The second-order valence-corrected chi connectivity index (χ2v) is 5.93. The Kier molecular flexibility index (Phi) is 3.46. The average molecular weight is 337 g/mol. The van der Waals surface area contributed by atoms with Crippen LogP contribution >= 0.6 is 0 Å². The largest absolute Gasteiger partial charge is 0.507 e. The van der Waals surface area contributed by atoms with Crippen molar-refractivity contribution in [1.82, 2.24) is 4.57 Å². The summed E-state index contributed by atoms with van der Waals surface area (Å²) in [7, 11) is 0. The highest BCUT2D eigenvalue weighted by Gasteiger charge is 2.36. The molecular weight excluding hydrogens is 322 g/mol. The van der Waals surface area contributed by atoms with E-state index in [0.717, 1.165) is 0 Å². The van der Waals surface area contributed by atoms with Crippen LogP contribution in [0.25, 0.3) is 0 Å². The van der Waals surface area contributed by atoms with Crippen molar-refractivity contribution in [1.29, 1.82) is 0 Å². The Balaban J connectivity index is 1.86. The zero-order chi connectivity index (χ0) is 17.6. The van der Waals surface area contributed by atoms with E-state index in [0.29, 0.717) is 22.6 Å². The van der Waals surface area contributed by atoms with Crippen LogP contribution < -0.4 is 5.56 Å². The molecule has 126 valence electrons. The number of carbonyl (C=O) groups is 1. The van der Waals surface area contributed by atoms with Gasteiger partial charge in [-0.25, -0.2) is 4.79 Å². The SMILES string of the molecule is Cc1cc(O)c([C@@H]2OC(=O)c3ccccc32)c(=O)n1Cc1ccco1. The molecule has 4 rings (SSSR count). The molecule has 25 heavy (non-hydrogen) atoms. The summed E-state index contributed by atoms with van der Waals surface area (Å²) < 4.78 is 12.2. The standard InChI is InChI=1S/C19H15NO5/c1-11-9-15(21)16(18(22)20(11)10-12-5-4-8-24-12)17-13-6-2-3-7-14(13)19(23)25-17/h2-9,17,21H,10H2,1H3/t17-/m1/s1. The third-order valence-corrected chi connectivity index (χ3v) is 4.37. The number of aryl methyl sites for hydroxylation is 1. The van der Waals surface area contributed by atoms with Gasteiger partial charge in [-0.15, -0.1) is 0 Å². The topological polar surface area (TPSA) is 81.7 Å². The van der Waals surface area contributed by atoms with Crippen molar-refractivity contribution in [2.45, 2.75) is 19.6 Å². The Morgan fingerprint density at radius 3 is 2.72 bits per heavy atom. The van der Waals surface area contributed by atoms with Gasteiger partial charge in [0.2, 0.25) is 0 Å². The average Bonchev–Trinajstić information content (AvgIpc) is 3.21. The van der Waals surface area contributed by atoms with Gasteiger partial charge in [-0.2, -0.15) is 0 Å². The maximum absolute atomic E-state index is 13.0. The Morgan fingerprint density at radius 1 is 1.16 bits per heavy atom. The Hall–Kier alpha value is -3.28. The van der Waals surface area contributed by atoms with Crippen molar-refractivity contribution in [3.05, 3.63) is 87.2 Å². The summed E-state index contributed by atoms with van der Waals surface area (Å²) in [6.07, 6.45) is 0.617. The number of cyclic esters (lactones) is 1. The van der Waals surface area contributed by atoms with Gasteiger partial charge in [-0.1, -0.05) is 18.2 Å². The van der Waals surface area contributed by atoms with Crippen LogP contribution in [0.4, 0.5) is 0 Å². The van der Waals surface area contributed by atoms with E-state index in [2.05, 4.69) is 0 Å². The van der Waals surface area contributed by atoms with E-state index in [1.54, 1.807) is 43.3 Å². The van der Waals surface area contributed by atoms with Crippen molar-refractivity contribution >= 4 is 5.97 Å². The quantitative estimate of drug-likeness (QED) is 0.743. The first kappa shape index (κ1) is 15.3. The lowest BCUT2D eigenvalue weighted by Gasteiger charge is -2.16. The van der Waals surface area contributed by atoms with Crippen molar-refractivity contribution in [3.63, 3.8) is 0 Å². The van der Waals surface area contributed by atoms with Crippen molar-refractivity contribution < 1.29 is 19.1 Å². The number of carbonyl (C=O) groups excluding carboxylic acids is 1. The monoisotopic (exact) mass is 337 g/mol. The molecule has 1 aromatic carbocycles. The lowest BCUT2D eigenvalue weighted by atomic mass is 9.99. The molecule has 0 unspecified atom stereocenters. The van der Waals surface area contributed by atoms with Crippen molar-refractivity contribution in [2.24, 2.45) is 0 Å². The molecule has 0 bridgehead atoms. The minimum atomic E-state index is -0.917. The van der Waals surface area contributed by atoms with Crippen LogP contribution in [-0.2, 0) is 11.3 Å². The zero-order valence-electron chi connectivity index (χ0n) is 13.4. The first-order valence-electron chi connectivity index (χ1n) is 7.82. The number of esters is 1. The van der Waals surface area contributed by atoms with E-state index >= 15 is 0 Å². The Morgan fingerprint density at radius 2 is 1.96 bits per heavy atom. The maximum Gasteiger partial charge on any atom is 0.339 e. The van der Waals surface area contributed by atoms with Gasteiger partial charge in [0.25, 0.3) is 5.56 Å². The lowest BCUT2D eigenvalue weighted by molar-refractivity contribution is 0.0450. The number of pyridine rings is 1. The molecule has 2 aromatic heterocycles. The van der Waals surface area contributed by atoms with Crippen LogP contribution in [0.5, 0.6) is 5.75 Å². The predicted molar refractivity (Wildman–Crippen MR) is 88.6 cm³/mol. The van der Waals surface area contributed by atoms with E-state index in [4.69, 9.17) is 9.15 Å². The molecule has 1 aliphatic rings. The second kappa shape index (κ2) is 5.66. The van der Waals surface area contributed by atoms with Crippen LogP contribution in [0.2, 0.25) is 0 Å². The van der Waals surface area contributed by atoms with E-state index in [-0.39, 0.29) is 17.9 Å². The van der Waals surface area contributed by atoms with Crippen LogP contribution in [0.3, 0.4) is 0 Å².